The van der Waals surface area contributed by atoms with Crippen molar-refractivity contribution in [2.24, 2.45) is 11.3 Å². The number of halogens is 1. The maximum Gasteiger partial charge on any atom is 0.0410 e. The van der Waals surface area contributed by atoms with Crippen molar-refractivity contribution >= 4 is 15.9 Å². The molecule has 1 aromatic rings. The third-order valence-electron chi connectivity index (χ3n) is 4.51. The first kappa shape index (κ1) is 15.0. The van der Waals surface area contributed by atoms with Gasteiger partial charge in [0.05, 0.1) is 0 Å². The van der Waals surface area contributed by atoms with E-state index in [0.717, 1.165) is 23.4 Å². The van der Waals surface area contributed by atoms with Crippen molar-refractivity contribution in [1.82, 2.24) is 10.3 Å². The van der Waals surface area contributed by atoms with Gasteiger partial charge in [-0.2, -0.15) is 0 Å². The summed E-state index contributed by atoms with van der Waals surface area (Å²) in [5.41, 5.74) is 1.79. The molecule has 1 saturated carbocycles. The summed E-state index contributed by atoms with van der Waals surface area (Å²) in [6, 6.07) is 2.76. The lowest BCUT2D eigenvalue weighted by Gasteiger charge is -2.35. The zero-order chi connectivity index (χ0) is 13.9. The van der Waals surface area contributed by atoms with Crippen LogP contribution in [-0.4, -0.2) is 17.6 Å². The van der Waals surface area contributed by atoms with Gasteiger partial charge in [0.25, 0.3) is 0 Å². The largest absolute Gasteiger partial charge is 0.314 e. The number of nitrogens with zero attached hydrogens (tertiary/aromatic N) is 1. The molecule has 106 valence electrons. The standard InChI is InChI=1S/C16H25BrN2/c1-4-19-15(14-6-5-7-16(14,2)3)9-12-8-13(17)11-18-10-12/h8,10-11,14-15,19H,4-7,9H2,1-3H3. The second-order valence-corrected chi connectivity index (χ2v) is 7.28. The molecule has 2 rings (SSSR count). The number of hydrogen-bond donors (Lipinski definition) is 1. The zero-order valence-electron chi connectivity index (χ0n) is 12.2. The van der Waals surface area contributed by atoms with Crippen molar-refractivity contribution < 1.29 is 0 Å². The van der Waals surface area contributed by atoms with Crippen molar-refractivity contribution in [3.63, 3.8) is 0 Å². The Labute approximate surface area is 125 Å². The minimum Gasteiger partial charge on any atom is -0.314 e. The van der Waals surface area contributed by atoms with Crippen LogP contribution in [0.4, 0.5) is 0 Å². The number of hydrogen-bond acceptors (Lipinski definition) is 2. The Balaban J connectivity index is 2.12. The summed E-state index contributed by atoms with van der Waals surface area (Å²) in [5, 5.41) is 3.71. The molecule has 3 heteroatoms. The molecule has 1 aliphatic rings. The highest BCUT2D eigenvalue weighted by molar-refractivity contribution is 9.10. The molecule has 0 bridgehead atoms. The summed E-state index contributed by atoms with van der Waals surface area (Å²) >= 11 is 3.51. The van der Waals surface area contributed by atoms with Crippen LogP contribution in [0.1, 0.15) is 45.6 Å². The van der Waals surface area contributed by atoms with E-state index in [1.165, 1.54) is 24.8 Å². The van der Waals surface area contributed by atoms with Crippen LogP contribution in [-0.2, 0) is 6.42 Å². The van der Waals surface area contributed by atoms with Crippen LogP contribution in [0.2, 0.25) is 0 Å². The number of likely N-dealkylation sites (N-methyl/N-ethyl adjacent to an activating group) is 1. The van der Waals surface area contributed by atoms with E-state index >= 15 is 0 Å². The van der Waals surface area contributed by atoms with Crippen LogP contribution in [0.15, 0.2) is 22.9 Å². The quantitative estimate of drug-likeness (QED) is 0.878. The van der Waals surface area contributed by atoms with Crippen molar-refractivity contribution in [2.75, 3.05) is 6.54 Å². The minimum atomic E-state index is 0.465. The Morgan fingerprint density at radius 2 is 2.26 bits per heavy atom. The molecule has 0 amide bonds. The maximum absolute atomic E-state index is 4.29. The predicted molar refractivity (Wildman–Crippen MR) is 84.2 cm³/mol. The Bertz CT molecular complexity index is 417. The summed E-state index contributed by atoms with van der Waals surface area (Å²) < 4.78 is 1.07. The molecule has 1 fully saturated rings. The van der Waals surface area contributed by atoms with Gasteiger partial charge in [0.15, 0.2) is 0 Å². The Kier molecular flexibility index (Phi) is 5.02. The van der Waals surface area contributed by atoms with Crippen molar-refractivity contribution in [2.45, 2.75) is 52.5 Å². The lowest BCUT2D eigenvalue weighted by molar-refractivity contribution is 0.197. The minimum absolute atomic E-state index is 0.465. The van der Waals surface area contributed by atoms with Gasteiger partial charge in [-0.25, -0.2) is 0 Å². The first-order chi connectivity index (χ1) is 9.03. The van der Waals surface area contributed by atoms with Crippen LogP contribution in [0.25, 0.3) is 0 Å². The monoisotopic (exact) mass is 324 g/mol. The fraction of sp³-hybridized carbons (Fsp3) is 0.688. The average molecular weight is 325 g/mol. The van der Waals surface area contributed by atoms with Crippen LogP contribution >= 0.6 is 15.9 Å². The van der Waals surface area contributed by atoms with E-state index in [9.17, 15) is 0 Å². The highest BCUT2D eigenvalue weighted by Gasteiger charge is 2.39. The maximum atomic E-state index is 4.29. The van der Waals surface area contributed by atoms with Gasteiger partial charge < -0.3 is 5.32 Å². The SMILES string of the molecule is CCNC(Cc1cncc(Br)c1)C1CCCC1(C)C. The summed E-state index contributed by atoms with van der Waals surface area (Å²) in [7, 11) is 0. The molecule has 2 unspecified atom stereocenters. The second kappa shape index (κ2) is 6.36. The first-order valence-electron chi connectivity index (χ1n) is 7.36. The molecule has 19 heavy (non-hydrogen) atoms. The molecular weight excluding hydrogens is 300 g/mol. The van der Waals surface area contributed by atoms with E-state index in [-0.39, 0.29) is 0 Å². The summed E-state index contributed by atoms with van der Waals surface area (Å²) in [4.78, 5) is 4.29. The number of pyridine rings is 1. The summed E-state index contributed by atoms with van der Waals surface area (Å²) in [6.45, 7) is 8.09. The molecule has 0 saturated heterocycles. The van der Waals surface area contributed by atoms with E-state index < -0.39 is 0 Å². The topological polar surface area (TPSA) is 24.9 Å². The van der Waals surface area contributed by atoms with Gasteiger partial charge >= 0.3 is 0 Å². The molecule has 0 aromatic carbocycles. The predicted octanol–water partition coefficient (Wildman–Crippen LogP) is 4.19. The molecule has 1 aromatic heterocycles. The van der Waals surface area contributed by atoms with E-state index in [1.54, 1.807) is 0 Å². The Morgan fingerprint density at radius 1 is 1.47 bits per heavy atom. The zero-order valence-corrected chi connectivity index (χ0v) is 13.8. The normalized spacial score (nSPS) is 23.5. The fourth-order valence-corrected chi connectivity index (χ4v) is 3.95. The van der Waals surface area contributed by atoms with E-state index in [4.69, 9.17) is 0 Å². The van der Waals surface area contributed by atoms with Crippen LogP contribution in [0.5, 0.6) is 0 Å². The summed E-state index contributed by atoms with van der Waals surface area (Å²) in [6.07, 6.45) is 9.01. The third kappa shape index (κ3) is 3.79. The average Bonchev–Trinajstić information content (AvgIpc) is 2.68. The first-order valence-corrected chi connectivity index (χ1v) is 8.15. The highest BCUT2D eigenvalue weighted by atomic mass is 79.9. The molecule has 1 N–H and O–H groups in total. The molecule has 2 nitrogen and oxygen atoms in total. The van der Waals surface area contributed by atoms with Crippen molar-refractivity contribution in [1.29, 1.82) is 0 Å². The second-order valence-electron chi connectivity index (χ2n) is 6.37. The van der Waals surface area contributed by atoms with E-state index in [0.29, 0.717) is 11.5 Å². The molecule has 2 atom stereocenters. The lowest BCUT2D eigenvalue weighted by Crippen LogP contribution is -2.42. The molecular formula is C16H25BrN2. The van der Waals surface area contributed by atoms with Gasteiger partial charge in [-0.15, -0.1) is 0 Å². The van der Waals surface area contributed by atoms with Crippen LogP contribution in [0.3, 0.4) is 0 Å². The van der Waals surface area contributed by atoms with Crippen molar-refractivity contribution in [3.8, 4) is 0 Å². The molecule has 0 radical (unpaired) electrons. The van der Waals surface area contributed by atoms with Gasteiger partial charge in [-0.1, -0.05) is 27.2 Å². The van der Waals surface area contributed by atoms with Gasteiger partial charge in [0, 0.05) is 22.9 Å². The number of rotatable bonds is 5. The Morgan fingerprint density at radius 3 is 2.84 bits per heavy atom. The Hall–Kier alpha value is -0.410. The molecule has 1 heterocycles. The van der Waals surface area contributed by atoms with Crippen LogP contribution < -0.4 is 5.32 Å². The molecule has 0 aliphatic heterocycles. The van der Waals surface area contributed by atoms with Gasteiger partial charge in [0.1, 0.15) is 0 Å². The highest BCUT2D eigenvalue weighted by Crippen LogP contribution is 2.44. The van der Waals surface area contributed by atoms with Crippen LogP contribution in [0, 0.1) is 11.3 Å². The molecule has 0 spiro atoms. The van der Waals surface area contributed by atoms with Gasteiger partial charge in [-0.05, 0) is 64.7 Å². The van der Waals surface area contributed by atoms with Crippen molar-refractivity contribution in [3.05, 3.63) is 28.5 Å². The smallest absolute Gasteiger partial charge is 0.0410 e. The molecule has 1 aliphatic carbocycles. The van der Waals surface area contributed by atoms with Gasteiger partial charge in [0.2, 0.25) is 0 Å². The third-order valence-corrected chi connectivity index (χ3v) is 4.94. The van der Waals surface area contributed by atoms with E-state index in [2.05, 4.69) is 53.1 Å². The van der Waals surface area contributed by atoms with Gasteiger partial charge in [-0.3, -0.25) is 4.98 Å². The summed E-state index contributed by atoms with van der Waals surface area (Å²) in [5.74, 6) is 0.770. The number of nitrogens with one attached hydrogen (secondary N) is 1. The fourth-order valence-electron chi connectivity index (χ4n) is 3.54. The lowest BCUT2D eigenvalue weighted by atomic mass is 9.76. The van der Waals surface area contributed by atoms with E-state index in [1.807, 2.05) is 12.4 Å². The number of aromatic nitrogens is 1.